The maximum Gasteiger partial charge on any atom is 0.137 e. The monoisotopic (exact) mass is 276 g/mol. The second kappa shape index (κ2) is 3.40. The van der Waals surface area contributed by atoms with Gasteiger partial charge >= 0.3 is 0 Å². The molecule has 1 aliphatic rings. The summed E-state index contributed by atoms with van der Waals surface area (Å²) in [6.07, 6.45) is 0.692. The molecular weight excluding hydrogens is 267 g/mol. The zero-order valence-corrected chi connectivity index (χ0v) is 10.0. The summed E-state index contributed by atoms with van der Waals surface area (Å²) < 4.78 is 6.52. The molecule has 1 aromatic carbocycles. The van der Waals surface area contributed by atoms with Crippen LogP contribution in [0.4, 0.5) is 0 Å². The molecule has 2 nitrogen and oxygen atoms in total. The molecule has 0 amide bonds. The van der Waals surface area contributed by atoms with Crippen molar-refractivity contribution in [2.24, 2.45) is 0 Å². The maximum atomic E-state index is 9.18. The minimum atomic E-state index is -0.504. The number of halogens is 2. The predicted octanol–water partition coefficient (Wildman–Crippen LogP) is 2.79. The van der Waals surface area contributed by atoms with Gasteiger partial charge in [-0.15, -0.1) is 0 Å². The van der Waals surface area contributed by atoms with Crippen molar-refractivity contribution in [3.05, 3.63) is 27.2 Å². The molecule has 0 aliphatic carbocycles. The van der Waals surface area contributed by atoms with Crippen molar-refractivity contribution in [2.45, 2.75) is 18.9 Å². The van der Waals surface area contributed by atoms with Crippen molar-refractivity contribution in [1.29, 1.82) is 0 Å². The highest BCUT2D eigenvalue weighted by Crippen LogP contribution is 2.41. The van der Waals surface area contributed by atoms with Crippen molar-refractivity contribution in [3.8, 4) is 5.75 Å². The van der Waals surface area contributed by atoms with Crippen LogP contribution >= 0.6 is 27.5 Å². The van der Waals surface area contributed by atoms with Gasteiger partial charge in [0.25, 0.3) is 0 Å². The van der Waals surface area contributed by atoms with Crippen molar-refractivity contribution >= 4 is 27.5 Å². The minimum Gasteiger partial charge on any atom is -0.483 e. The fourth-order valence-electron chi connectivity index (χ4n) is 1.63. The topological polar surface area (TPSA) is 29.5 Å². The molecule has 0 bridgehead atoms. The lowest BCUT2D eigenvalue weighted by Crippen LogP contribution is -2.34. The molecule has 0 fully saturated rings. The predicted molar refractivity (Wildman–Crippen MR) is 59.0 cm³/mol. The average molecular weight is 278 g/mol. The largest absolute Gasteiger partial charge is 0.483 e. The minimum absolute atomic E-state index is 0.00569. The third-order valence-electron chi connectivity index (χ3n) is 2.33. The first-order chi connectivity index (χ1) is 6.54. The number of rotatable bonds is 1. The first-order valence-corrected chi connectivity index (χ1v) is 5.49. The highest BCUT2D eigenvalue weighted by atomic mass is 79.9. The SMILES string of the molecule is CC1(CO)Cc2cc(Cl)cc(Br)c2O1. The zero-order valence-electron chi connectivity index (χ0n) is 7.68. The number of hydrogen-bond donors (Lipinski definition) is 1. The van der Waals surface area contributed by atoms with Gasteiger partial charge in [-0.2, -0.15) is 0 Å². The standard InChI is InChI=1S/C10H10BrClO2/c1-10(5-13)4-6-2-7(12)3-8(11)9(6)14-10/h2-3,13H,4-5H2,1H3. The van der Waals surface area contributed by atoms with Gasteiger partial charge in [-0.25, -0.2) is 0 Å². The Morgan fingerprint density at radius 1 is 1.64 bits per heavy atom. The summed E-state index contributed by atoms with van der Waals surface area (Å²) >= 11 is 9.30. The Kier molecular flexibility index (Phi) is 2.50. The number of hydrogen-bond acceptors (Lipinski definition) is 2. The van der Waals surface area contributed by atoms with E-state index < -0.39 is 5.60 Å². The lowest BCUT2D eigenvalue weighted by molar-refractivity contribution is 0.0441. The molecular formula is C10H10BrClO2. The molecule has 0 aromatic heterocycles. The van der Waals surface area contributed by atoms with E-state index in [1.165, 1.54) is 0 Å². The lowest BCUT2D eigenvalue weighted by atomic mass is 10.0. The summed E-state index contributed by atoms with van der Waals surface area (Å²) in [7, 11) is 0. The molecule has 1 N–H and O–H groups in total. The van der Waals surface area contributed by atoms with Crippen molar-refractivity contribution in [3.63, 3.8) is 0 Å². The Balaban J connectivity index is 2.44. The van der Waals surface area contributed by atoms with Crippen LogP contribution in [0.5, 0.6) is 5.75 Å². The summed E-state index contributed by atoms with van der Waals surface area (Å²) in [5.74, 6) is 0.797. The van der Waals surface area contributed by atoms with E-state index in [4.69, 9.17) is 16.3 Å². The summed E-state index contributed by atoms with van der Waals surface area (Å²) in [6.45, 7) is 1.89. The first-order valence-electron chi connectivity index (χ1n) is 4.32. The smallest absolute Gasteiger partial charge is 0.137 e. The van der Waals surface area contributed by atoms with Gasteiger partial charge < -0.3 is 9.84 Å². The quantitative estimate of drug-likeness (QED) is 0.855. The lowest BCUT2D eigenvalue weighted by Gasteiger charge is -2.20. The van der Waals surface area contributed by atoms with Crippen LogP contribution in [0.25, 0.3) is 0 Å². The Hall–Kier alpha value is -0.250. The van der Waals surface area contributed by atoms with Crippen LogP contribution in [0.1, 0.15) is 12.5 Å². The Morgan fingerprint density at radius 2 is 2.36 bits per heavy atom. The van der Waals surface area contributed by atoms with Gasteiger partial charge in [0.2, 0.25) is 0 Å². The fraction of sp³-hybridized carbons (Fsp3) is 0.400. The molecule has 0 saturated carbocycles. The normalized spacial score (nSPS) is 24.6. The molecule has 14 heavy (non-hydrogen) atoms. The van der Waals surface area contributed by atoms with Crippen molar-refractivity contribution in [2.75, 3.05) is 6.61 Å². The number of benzene rings is 1. The van der Waals surface area contributed by atoms with Gasteiger partial charge in [-0.3, -0.25) is 0 Å². The third-order valence-corrected chi connectivity index (χ3v) is 3.14. The molecule has 1 atom stereocenters. The average Bonchev–Trinajstić information content (AvgIpc) is 2.43. The molecule has 1 aromatic rings. The Morgan fingerprint density at radius 3 is 3.00 bits per heavy atom. The summed E-state index contributed by atoms with van der Waals surface area (Å²) in [5, 5.41) is 9.87. The van der Waals surface area contributed by atoms with E-state index in [9.17, 15) is 5.11 Å². The van der Waals surface area contributed by atoms with Gasteiger partial charge in [0, 0.05) is 17.0 Å². The van der Waals surface area contributed by atoms with Crippen molar-refractivity contribution in [1.82, 2.24) is 0 Å². The van der Waals surface area contributed by atoms with E-state index >= 15 is 0 Å². The van der Waals surface area contributed by atoms with Crippen LogP contribution < -0.4 is 4.74 Å². The van der Waals surface area contributed by atoms with Crippen LogP contribution in [-0.4, -0.2) is 17.3 Å². The van der Waals surface area contributed by atoms with Crippen molar-refractivity contribution < 1.29 is 9.84 Å². The number of fused-ring (bicyclic) bond motifs is 1. The van der Waals surface area contributed by atoms with Gasteiger partial charge in [-0.1, -0.05) is 11.6 Å². The third kappa shape index (κ3) is 1.64. The van der Waals surface area contributed by atoms with E-state index in [0.717, 1.165) is 15.8 Å². The van der Waals surface area contributed by atoms with Crippen LogP contribution in [-0.2, 0) is 6.42 Å². The molecule has 0 saturated heterocycles. The first kappa shape index (κ1) is 10.3. The van der Waals surface area contributed by atoms with E-state index in [2.05, 4.69) is 15.9 Å². The molecule has 1 heterocycles. The van der Waals surface area contributed by atoms with Crippen LogP contribution in [0, 0.1) is 0 Å². The molecule has 1 unspecified atom stereocenters. The Bertz CT molecular complexity index is 381. The second-order valence-electron chi connectivity index (χ2n) is 3.76. The maximum absolute atomic E-state index is 9.18. The molecule has 2 rings (SSSR count). The summed E-state index contributed by atoms with van der Waals surface area (Å²) in [4.78, 5) is 0. The summed E-state index contributed by atoms with van der Waals surface area (Å²) in [5.41, 5.74) is 0.538. The fourth-order valence-corrected chi connectivity index (χ4v) is 2.59. The Labute approximate surface area is 96.0 Å². The van der Waals surface area contributed by atoms with Gasteiger partial charge in [0.05, 0.1) is 11.1 Å². The molecule has 0 spiro atoms. The van der Waals surface area contributed by atoms with Gasteiger partial charge in [0.15, 0.2) is 0 Å². The molecule has 76 valence electrons. The highest BCUT2D eigenvalue weighted by molar-refractivity contribution is 9.10. The van der Waals surface area contributed by atoms with Crippen LogP contribution in [0.15, 0.2) is 16.6 Å². The highest BCUT2D eigenvalue weighted by Gasteiger charge is 2.35. The number of aliphatic hydroxyl groups excluding tert-OH is 1. The molecule has 4 heteroatoms. The van der Waals surface area contributed by atoms with E-state index in [-0.39, 0.29) is 6.61 Å². The van der Waals surface area contributed by atoms with E-state index in [1.54, 1.807) is 6.07 Å². The molecule has 0 radical (unpaired) electrons. The number of aliphatic hydroxyl groups is 1. The second-order valence-corrected chi connectivity index (χ2v) is 5.05. The van der Waals surface area contributed by atoms with Gasteiger partial charge in [-0.05, 0) is 35.0 Å². The molecule has 1 aliphatic heterocycles. The summed E-state index contributed by atoms with van der Waals surface area (Å²) in [6, 6.07) is 3.67. The van der Waals surface area contributed by atoms with Gasteiger partial charge in [0.1, 0.15) is 11.4 Å². The van der Waals surface area contributed by atoms with E-state index in [0.29, 0.717) is 11.4 Å². The number of ether oxygens (including phenoxy) is 1. The van der Waals surface area contributed by atoms with E-state index in [1.807, 2.05) is 13.0 Å². The van der Waals surface area contributed by atoms with Crippen LogP contribution in [0.3, 0.4) is 0 Å². The zero-order chi connectivity index (χ0) is 10.3. The van der Waals surface area contributed by atoms with Crippen LogP contribution in [0.2, 0.25) is 5.02 Å².